The maximum absolute atomic E-state index is 12.4. The van der Waals surface area contributed by atoms with Gasteiger partial charge in [0.1, 0.15) is 5.70 Å². The Balaban J connectivity index is 1.53. The van der Waals surface area contributed by atoms with Gasteiger partial charge in [0.2, 0.25) is 0 Å². The van der Waals surface area contributed by atoms with E-state index in [0.29, 0.717) is 11.6 Å². The Kier molecular flexibility index (Phi) is 2.83. The number of nitrogens with one attached hydrogen (secondary N) is 3. The molecule has 0 spiro atoms. The van der Waals surface area contributed by atoms with Crippen molar-refractivity contribution in [2.75, 3.05) is 6.61 Å². The van der Waals surface area contributed by atoms with Crippen LogP contribution >= 0.6 is 0 Å². The molecular weight excluding hydrogens is 266 g/mol. The molecule has 21 heavy (non-hydrogen) atoms. The molecule has 1 saturated carbocycles. The van der Waals surface area contributed by atoms with Crippen LogP contribution in [0.1, 0.15) is 18.0 Å². The molecule has 5 nitrogen and oxygen atoms in total. The quantitative estimate of drug-likeness (QED) is 0.650. The molecule has 1 aromatic carbocycles. The second kappa shape index (κ2) is 4.72. The van der Waals surface area contributed by atoms with Crippen molar-refractivity contribution in [2.45, 2.75) is 18.5 Å². The number of hydrogen-bond donors (Lipinski definition) is 4. The SMILES string of the molecule is O=C(N[C@H](CO)c1ccccc1)C1=C2C=C3CC3C2NN1. The van der Waals surface area contributed by atoms with Crippen LogP contribution in [0.3, 0.4) is 0 Å². The molecule has 0 bridgehead atoms. The molecule has 1 heterocycles. The highest BCUT2D eigenvalue weighted by atomic mass is 16.3. The summed E-state index contributed by atoms with van der Waals surface area (Å²) >= 11 is 0. The van der Waals surface area contributed by atoms with Crippen molar-refractivity contribution in [3.63, 3.8) is 0 Å². The number of aliphatic hydroxyl groups excluding tert-OH is 1. The lowest BCUT2D eigenvalue weighted by Gasteiger charge is -2.17. The van der Waals surface area contributed by atoms with E-state index in [2.05, 4.69) is 22.2 Å². The first kappa shape index (κ1) is 12.6. The number of rotatable bonds is 4. The number of fused-ring (bicyclic) bond motifs is 3. The van der Waals surface area contributed by atoms with Crippen molar-refractivity contribution in [3.05, 3.63) is 58.8 Å². The zero-order chi connectivity index (χ0) is 14.4. The van der Waals surface area contributed by atoms with Gasteiger partial charge in [-0.2, -0.15) is 0 Å². The van der Waals surface area contributed by atoms with E-state index in [1.807, 2.05) is 30.3 Å². The van der Waals surface area contributed by atoms with Gasteiger partial charge >= 0.3 is 0 Å². The van der Waals surface area contributed by atoms with Crippen LogP contribution < -0.4 is 16.2 Å². The van der Waals surface area contributed by atoms with Gasteiger partial charge in [-0.1, -0.05) is 42.0 Å². The van der Waals surface area contributed by atoms with Gasteiger partial charge in [-0.15, -0.1) is 0 Å². The highest BCUT2D eigenvalue weighted by Crippen LogP contribution is 2.50. The van der Waals surface area contributed by atoms with Gasteiger partial charge in [0, 0.05) is 11.5 Å². The predicted molar refractivity (Wildman–Crippen MR) is 77.7 cm³/mol. The van der Waals surface area contributed by atoms with Crippen LogP contribution in [0.4, 0.5) is 0 Å². The Morgan fingerprint density at radius 3 is 2.95 bits per heavy atom. The minimum atomic E-state index is -0.392. The van der Waals surface area contributed by atoms with E-state index in [4.69, 9.17) is 0 Å². The molecule has 4 rings (SSSR count). The van der Waals surface area contributed by atoms with Crippen molar-refractivity contribution < 1.29 is 9.90 Å². The van der Waals surface area contributed by atoms with Crippen molar-refractivity contribution in [1.82, 2.24) is 16.2 Å². The molecule has 1 amide bonds. The number of carbonyl (C=O) groups excluding carboxylic acids is 1. The van der Waals surface area contributed by atoms with Gasteiger partial charge in [-0.3, -0.25) is 4.79 Å². The average molecular weight is 283 g/mol. The van der Waals surface area contributed by atoms with Crippen LogP contribution in [0.25, 0.3) is 0 Å². The second-order valence-corrected chi connectivity index (χ2v) is 5.73. The first-order valence-electron chi connectivity index (χ1n) is 7.21. The molecule has 2 aliphatic carbocycles. The van der Waals surface area contributed by atoms with Gasteiger partial charge in [-0.25, -0.2) is 5.43 Å². The number of hydrazine groups is 1. The zero-order valence-corrected chi connectivity index (χ0v) is 11.5. The molecule has 1 fully saturated rings. The fourth-order valence-electron chi connectivity index (χ4n) is 3.17. The molecular formula is C16H17N3O2. The van der Waals surface area contributed by atoms with Crippen molar-refractivity contribution in [1.29, 1.82) is 0 Å². The lowest BCUT2D eigenvalue weighted by Crippen LogP contribution is -2.39. The van der Waals surface area contributed by atoms with E-state index in [-0.39, 0.29) is 18.6 Å². The second-order valence-electron chi connectivity index (χ2n) is 5.73. The monoisotopic (exact) mass is 283 g/mol. The Labute approximate surface area is 122 Å². The summed E-state index contributed by atoms with van der Waals surface area (Å²) in [5, 5.41) is 12.4. The van der Waals surface area contributed by atoms with Crippen LogP contribution in [-0.2, 0) is 4.79 Å². The van der Waals surface area contributed by atoms with Crippen LogP contribution in [0.2, 0.25) is 0 Å². The fraction of sp³-hybridized carbons (Fsp3) is 0.312. The van der Waals surface area contributed by atoms with Gasteiger partial charge in [-0.05, 0) is 12.0 Å². The van der Waals surface area contributed by atoms with E-state index >= 15 is 0 Å². The third-order valence-corrected chi connectivity index (χ3v) is 4.41. The topological polar surface area (TPSA) is 73.4 Å². The number of carbonyl (C=O) groups is 1. The van der Waals surface area contributed by atoms with Gasteiger partial charge in [0.05, 0.1) is 18.7 Å². The molecule has 0 aromatic heterocycles. The van der Waals surface area contributed by atoms with Crippen LogP contribution in [-0.4, -0.2) is 23.7 Å². The van der Waals surface area contributed by atoms with E-state index in [0.717, 1.165) is 17.6 Å². The fourth-order valence-corrected chi connectivity index (χ4v) is 3.17. The summed E-state index contributed by atoms with van der Waals surface area (Å²) in [6, 6.07) is 9.35. The van der Waals surface area contributed by atoms with E-state index in [1.165, 1.54) is 5.57 Å². The Bertz CT molecular complexity index is 651. The van der Waals surface area contributed by atoms with Crippen LogP contribution in [0.15, 0.2) is 53.3 Å². The summed E-state index contributed by atoms with van der Waals surface area (Å²) in [7, 11) is 0. The molecule has 4 N–H and O–H groups in total. The highest BCUT2D eigenvalue weighted by Gasteiger charge is 2.48. The summed E-state index contributed by atoms with van der Waals surface area (Å²) in [6.07, 6.45) is 3.26. The first-order valence-corrected chi connectivity index (χ1v) is 7.21. The zero-order valence-electron chi connectivity index (χ0n) is 11.5. The van der Waals surface area contributed by atoms with Gasteiger partial charge in [0.25, 0.3) is 5.91 Å². The summed E-state index contributed by atoms with van der Waals surface area (Å²) in [6.45, 7) is -0.126. The van der Waals surface area contributed by atoms with Crippen molar-refractivity contribution in [3.8, 4) is 0 Å². The predicted octanol–water partition coefficient (Wildman–Crippen LogP) is 0.527. The largest absolute Gasteiger partial charge is 0.394 e. The average Bonchev–Trinajstić information content (AvgIpc) is 3.00. The third kappa shape index (κ3) is 2.05. The number of hydrogen-bond acceptors (Lipinski definition) is 4. The normalized spacial score (nSPS) is 26.6. The van der Waals surface area contributed by atoms with Gasteiger partial charge < -0.3 is 15.8 Å². The van der Waals surface area contributed by atoms with Crippen LogP contribution in [0.5, 0.6) is 0 Å². The number of amides is 1. The molecule has 1 aromatic rings. The highest BCUT2D eigenvalue weighted by molar-refractivity contribution is 5.95. The standard InChI is InChI=1S/C16H17N3O2/c20-8-13(9-4-2-1-3-5-9)17-16(21)15-12-7-10-6-11(10)14(12)18-19-15/h1-5,7,11,13-14,18-20H,6,8H2,(H,17,21)/t11?,13-,14?/m1/s1. The summed E-state index contributed by atoms with van der Waals surface area (Å²) in [5.41, 5.74) is 10.1. The smallest absolute Gasteiger partial charge is 0.269 e. The minimum Gasteiger partial charge on any atom is -0.394 e. The molecule has 5 heteroatoms. The van der Waals surface area contributed by atoms with E-state index in [9.17, 15) is 9.90 Å². The molecule has 3 aliphatic rings. The molecule has 0 radical (unpaired) electrons. The van der Waals surface area contributed by atoms with Gasteiger partial charge in [0.15, 0.2) is 0 Å². The lowest BCUT2D eigenvalue weighted by atomic mass is 10.1. The Morgan fingerprint density at radius 1 is 1.38 bits per heavy atom. The molecule has 3 atom stereocenters. The first-order chi connectivity index (χ1) is 10.3. The Morgan fingerprint density at radius 2 is 2.19 bits per heavy atom. The van der Waals surface area contributed by atoms with Crippen LogP contribution in [0, 0.1) is 5.92 Å². The maximum atomic E-state index is 12.4. The molecule has 2 unspecified atom stereocenters. The van der Waals surface area contributed by atoms with Crippen molar-refractivity contribution >= 4 is 5.91 Å². The minimum absolute atomic E-state index is 0.126. The molecule has 108 valence electrons. The van der Waals surface area contributed by atoms with E-state index < -0.39 is 6.04 Å². The lowest BCUT2D eigenvalue weighted by molar-refractivity contribution is -0.118. The third-order valence-electron chi connectivity index (χ3n) is 4.41. The summed E-state index contributed by atoms with van der Waals surface area (Å²) in [5.74, 6) is 0.390. The Hall–Kier alpha value is -2.11. The number of benzene rings is 1. The molecule has 1 aliphatic heterocycles. The summed E-state index contributed by atoms with van der Waals surface area (Å²) in [4.78, 5) is 12.4. The summed E-state index contributed by atoms with van der Waals surface area (Å²) < 4.78 is 0. The van der Waals surface area contributed by atoms with E-state index in [1.54, 1.807) is 0 Å². The van der Waals surface area contributed by atoms with Crippen molar-refractivity contribution in [2.24, 2.45) is 5.92 Å². The number of aliphatic hydroxyl groups is 1. The maximum Gasteiger partial charge on any atom is 0.269 e. The molecule has 0 saturated heterocycles.